The van der Waals surface area contributed by atoms with Crippen LogP contribution in [0.4, 0.5) is 0 Å². The van der Waals surface area contributed by atoms with Gasteiger partial charge in [-0.3, -0.25) is 4.79 Å². The van der Waals surface area contributed by atoms with Crippen LogP contribution < -0.4 is 0 Å². The summed E-state index contributed by atoms with van der Waals surface area (Å²) in [5.74, 6) is 0.892. The van der Waals surface area contributed by atoms with E-state index in [1.54, 1.807) is 6.92 Å². The molecule has 1 heterocycles. The van der Waals surface area contributed by atoms with Gasteiger partial charge in [0, 0.05) is 11.1 Å². The van der Waals surface area contributed by atoms with Crippen molar-refractivity contribution in [3.05, 3.63) is 41.5 Å². The Morgan fingerprint density at radius 2 is 2.00 bits per heavy atom. The van der Waals surface area contributed by atoms with Gasteiger partial charge in [0.05, 0.1) is 6.61 Å². The van der Waals surface area contributed by atoms with Crippen LogP contribution in [-0.4, -0.2) is 12.4 Å². The van der Waals surface area contributed by atoms with Gasteiger partial charge in [-0.2, -0.15) is 0 Å². The highest BCUT2D eigenvalue weighted by molar-refractivity contribution is 6.00. The van der Waals surface area contributed by atoms with Crippen LogP contribution in [0.15, 0.2) is 35.9 Å². The number of hydrogen-bond acceptors (Lipinski definition) is 2. The molecule has 1 aliphatic rings. The molecule has 0 amide bonds. The molecule has 0 aliphatic carbocycles. The Bertz CT molecular complexity index is 390. The van der Waals surface area contributed by atoms with Crippen molar-refractivity contribution in [1.29, 1.82) is 0 Å². The largest absolute Gasteiger partial charge is 0.493 e. The molecular formula is C13H14O2. The first-order chi connectivity index (χ1) is 7.29. The van der Waals surface area contributed by atoms with E-state index in [-0.39, 0.29) is 5.78 Å². The summed E-state index contributed by atoms with van der Waals surface area (Å²) >= 11 is 0. The quantitative estimate of drug-likeness (QED) is 0.737. The molecule has 0 N–H and O–H groups in total. The number of ketones is 1. The smallest absolute Gasteiger partial charge is 0.159 e. The topological polar surface area (TPSA) is 26.3 Å². The van der Waals surface area contributed by atoms with Crippen molar-refractivity contribution in [1.82, 2.24) is 0 Å². The minimum Gasteiger partial charge on any atom is -0.493 e. The Hall–Kier alpha value is -1.57. The zero-order valence-electron chi connectivity index (χ0n) is 8.82. The molecule has 2 heteroatoms. The maximum absolute atomic E-state index is 11.4. The summed E-state index contributed by atoms with van der Waals surface area (Å²) in [6, 6.07) is 9.82. The lowest BCUT2D eigenvalue weighted by atomic mass is 9.99. The molecule has 0 aromatic heterocycles. The van der Waals surface area contributed by atoms with Crippen molar-refractivity contribution in [2.45, 2.75) is 19.8 Å². The van der Waals surface area contributed by atoms with Crippen LogP contribution in [0.3, 0.4) is 0 Å². The number of hydrogen-bond donors (Lipinski definition) is 0. The highest BCUT2D eigenvalue weighted by Gasteiger charge is 2.18. The average Bonchev–Trinajstić information content (AvgIpc) is 2.30. The van der Waals surface area contributed by atoms with Gasteiger partial charge in [0.1, 0.15) is 5.76 Å². The summed E-state index contributed by atoms with van der Waals surface area (Å²) in [6.07, 6.45) is 1.77. The first-order valence-electron chi connectivity index (χ1n) is 5.21. The number of carbonyl (C=O) groups excluding carboxylic acids is 1. The van der Waals surface area contributed by atoms with E-state index in [0.717, 1.165) is 29.7 Å². The fraction of sp³-hybridized carbons (Fsp3) is 0.308. The molecule has 0 atom stereocenters. The molecule has 15 heavy (non-hydrogen) atoms. The first kappa shape index (κ1) is 9.97. The van der Waals surface area contributed by atoms with Gasteiger partial charge in [0.15, 0.2) is 5.78 Å². The lowest BCUT2D eigenvalue weighted by Gasteiger charge is -2.19. The number of Topliss-reactive ketones (excluding diaryl/α,β-unsaturated/α-hetero) is 1. The lowest BCUT2D eigenvalue weighted by Crippen LogP contribution is -2.11. The van der Waals surface area contributed by atoms with Crippen molar-refractivity contribution in [3.63, 3.8) is 0 Å². The van der Waals surface area contributed by atoms with Crippen molar-refractivity contribution in [3.8, 4) is 0 Å². The van der Waals surface area contributed by atoms with Crippen molar-refractivity contribution < 1.29 is 9.53 Å². The van der Waals surface area contributed by atoms with Crippen molar-refractivity contribution in [2.75, 3.05) is 6.61 Å². The van der Waals surface area contributed by atoms with E-state index in [2.05, 4.69) is 0 Å². The third kappa shape index (κ3) is 2.09. The molecule has 78 valence electrons. The molecule has 2 nitrogen and oxygen atoms in total. The van der Waals surface area contributed by atoms with Gasteiger partial charge >= 0.3 is 0 Å². The van der Waals surface area contributed by atoms with Gasteiger partial charge in [-0.25, -0.2) is 0 Å². The van der Waals surface area contributed by atoms with Gasteiger partial charge in [0.25, 0.3) is 0 Å². The third-order valence-electron chi connectivity index (χ3n) is 2.55. The second-order valence-electron chi connectivity index (χ2n) is 3.68. The number of ether oxygens (including phenoxy) is 1. The minimum absolute atomic E-state index is 0.119. The zero-order chi connectivity index (χ0) is 10.7. The van der Waals surface area contributed by atoms with Gasteiger partial charge in [-0.1, -0.05) is 30.3 Å². The fourth-order valence-corrected chi connectivity index (χ4v) is 1.81. The highest BCUT2D eigenvalue weighted by atomic mass is 16.5. The number of allylic oxidation sites excluding steroid dienone is 1. The van der Waals surface area contributed by atoms with Crippen LogP contribution in [0.5, 0.6) is 0 Å². The number of benzene rings is 1. The molecule has 0 spiro atoms. The van der Waals surface area contributed by atoms with E-state index >= 15 is 0 Å². The van der Waals surface area contributed by atoms with Gasteiger partial charge in [-0.05, 0) is 19.8 Å². The summed E-state index contributed by atoms with van der Waals surface area (Å²) in [5, 5.41) is 0. The van der Waals surface area contributed by atoms with E-state index in [1.807, 2.05) is 30.3 Å². The molecule has 1 aromatic rings. The van der Waals surface area contributed by atoms with Crippen molar-refractivity contribution >= 4 is 11.5 Å². The molecule has 0 radical (unpaired) electrons. The standard InChI is InChI=1S/C13H14O2/c1-10(14)12-8-5-9-15-13(12)11-6-3-2-4-7-11/h2-4,6-7H,5,8-9H2,1H3. The summed E-state index contributed by atoms with van der Waals surface area (Å²) < 4.78 is 5.60. The summed E-state index contributed by atoms with van der Waals surface area (Å²) in [6.45, 7) is 2.31. The predicted octanol–water partition coefficient (Wildman–Crippen LogP) is 2.80. The second-order valence-corrected chi connectivity index (χ2v) is 3.68. The molecule has 0 saturated heterocycles. The van der Waals surface area contributed by atoms with Gasteiger partial charge < -0.3 is 4.74 Å². The molecule has 1 aromatic carbocycles. The van der Waals surface area contributed by atoms with Crippen molar-refractivity contribution in [2.24, 2.45) is 0 Å². The Morgan fingerprint density at radius 3 is 2.67 bits per heavy atom. The lowest BCUT2D eigenvalue weighted by molar-refractivity contribution is -0.113. The van der Waals surface area contributed by atoms with Crippen LogP contribution in [0, 0.1) is 0 Å². The Balaban J connectivity index is 2.44. The van der Waals surface area contributed by atoms with Crippen LogP contribution in [0.2, 0.25) is 0 Å². The Kier molecular flexibility index (Phi) is 2.86. The monoisotopic (exact) mass is 202 g/mol. The molecule has 0 saturated carbocycles. The number of rotatable bonds is 2. The fourth-order valence-electron chi connectivity index (χ4n) is 1.81. The van der Waals surface area contributed by atoms with E-state index < -0.39 is 0 Å². The predicted molar refractivity (Wildman–Crippen MR) is 59.2 cm³/mol. The van der Waals surface area contributed by atoms with E-state index in [9.17, 15) is 4.79 Å². The second kappa shape index (κ2) is 4.30. The van der Waals surface area contributed by atoms with Gasteiger partial charge in [-0.15, -0.1) is 0 Å². The van der Waals surface area contributed by atoms with Crippen LogP contribution >= 0.6 is 0 Å². The molecule has 2 rings (SSSR count). The highest BCUT2D eigenvalue weighted by Crippen LogP contribution is 2.27. The summed E-state index contributed by atoms with van der Waals surface area (Å²) in [5.41, 5.74) is 1.83. The molecule has 0 unspecified atom stereocenters. The first-order valence-corrected chi connectivity index (χ1v) is 5.21. The molecule has 0 bridgehead atoms. The molecule has 1 aliphatic heterocycles. The zero-order valence-corrected chi connectivity index (χ0v) is 8.82. The van der Waals surface area contributed by atoms with Gasteiger partial charge in [0.2, 0.25) is 0 Å². The summed E-state index contributed by atoms with van der Waals surface area (Å²) in [7, 11) is 0. The molecule has 0 fully saturated rings. The SMILES string of the molecule is CC(=O)C1=C(c2ccccc2)OCCC1. The summed E-state index contributed by atoms with van der Waals surface area (Å²) in [4.78, 5) is 11.4. The Morgan fingerprint density at radius 1 is 1.27 bits per heavy atom. The van der Waals surface area contributed by atoms with Crippen LogP contribution in [-0.2, 0) is 9.53 Å². The maximum Gasteiger partial charge on any atom is 0.159 e. The average molecular weight is 202 g/mol. The van der Waals surface area contributed by atoms with E-state index in [1.165, 1.54) is 0 Å². The van der Waals surface area contributed by atoms with E-state index in [4.69, 9.17) is 4.74 Å². The van der Waals surface area contributed by atoms with Crippen LogP contribution in [0.1, 0.15) is 25.3 Å². The maximum atomic E-state index is 11.4. The Labute approximate surface area is 89.6 Å². The van der Waals surface area contributed by atoms with Crippen LogP contribution in [0.25, 0.3) is 5.76 Å². The normalized spacial score (nSPS) is 16.1. The third-order valence-corrected chi connectivity index (χ3v) is 2.55. The number of carbonyl (C=O) groups is 1. The molecular weight excluding hydrogens is 188 g/mol. The minimum atomic E-state index is 0.119. The van der Waals surface area contributed by atoms with E-state index in [0.29, 0.717) is 6.61 Å².